The first kappa shape index (κ1) is 23.7. The van der Waals surface area contributed by atoms with E-state index in [1.807, 2.05) is 24.0 Å². The lowest BCUT2D eigenvalue weighted by Gasteiger charge is -2.30. The molecule has 1 heterocycles. The number of aliphatic imine (C=N–C) groups is 1. The third-order valence-corrected chi connectivity index (χ3v) is 5.64. The van der Waals surface area contributed by atoms with Gasteiger partial charge < -0.3 is 15.4 Å². The van der Waals surface area contributed by atoms with E-state index in [2.05, 4.69) is 51.9 Å². The number of nitrogens with one attached hydrogen (secondary N) is 2. The smallest absolute Gasteiger partial charge is 0.191 e. The van der Waals surface area contributed by atoms with Gasteiger partial charge in [-0.2, -0.15) is 5.10 Å². The molecule has 1 saturated carbocycles. The molecule has 7 heteroatoms. The Labute approximate surface area is 191 Å². The molecule has 6 nitrogen and oxygen atoms in total. The highest BCUT2D eigenvalue weighted by atomic mass is 127. The van der Waals surface area contributed by atoms with Gasteiger partial charge >= 0.3 is 0 Å². The standard InChI is InChI=1S/C22H33N5O.HI/c1-3-28-15-12-22(10-4-5-11-22)18-25-21(23-2)24-17-19-8-6-9-20(16-19)27-14-7-13-26-27;/h6-9,13-14,16H,3-5,10-12,15,17-18H2,1-2H3,(H2,23,24,25);1H. The van der Waals surface area contributed by atoms with Crippen LogP contribution in [0.3, 0.4) is 0 Å². The van der Waals surface area contributed by atoms with Gasteiger partial charge in [0.15, 0.2) is 5.96 Å². The molecule has 0 unspecified atom stereocenters. The highest BCUT2D eigenvalue weighted by molar-refractivity contribution is 14.0. The van der Waals surface area contributed by atoms with Crippen LogP contribution in [0.5, 0.6) is 0 Å². The molecule has 0 radical (unpaired) electrons. The Morgan fingerprint density at radius 1 is 1.24 bits per heavy atom. The van der Waals surface area contributed by atoms with Crippen molar-refractivity contribution in [2.24, 2.45) is 10.4 Å². The van der Waals surface area contributed by atoms with Crippen LogP contribution in [0.4, 0.5) is 0 Å². The second-order valence-corrected chi connectivity index (χ2v) is 7.55. The molecule has 2 aromatic rings. The van der Waals surface area contributed by atoms with Gasteiger partial charge in [0.1, 0.15) is 0 Å². The molecule has 0 spiro atoms. The average molecular weight is 511 g/mol. The van der Waals surface area contributed by atoms with E-state index >= 15 is 0 Å². The summed E-state index contributed by atoms with van der Waals surface area (Å²) in [6.07, 6.45) is 10.1. The molecule has 1 aliphatic carbocycles. The summed E-state index contributed by atoms with van der Waals surface area (Å²) in [5.41, 5.74) is 2.60. The first-order valence-electron chi connectivity index (χ1n) is 10.4. The van der Waals surface area contributed by atoms with E-state index in [1.165, 1.54) is 31.2 Å². The molecule has 29 heavy (non-hydrogen) atoms. The molecule has 1 fully saturated rings. The summed E-state index contributed by atoms with van der Waals surface area (Å²) in [4.78, 5) is 4.41. The molecule has 2 N–H and O–H groups in total. The summed E-state index contributed by atoms with van der Waals surface area (Å²) >= 11 is 0. The number of ether oxygens (including phenoxy) is 1. The van der Waals surface area contributed by atoms with E-state index in [9.17, 15) is 0 Å². The lowest BCUT2D eigenvalue weighted by Crippen LogP contribution is -2.43. The molecule has 1 aliphatic rings. The van der Waals surface area contributed by atoms with Crippen molar-refractivity contribution in [1.29, 1.82) is 0 Å². The van der Waals surface area contributed by atoms with Crippen LogP contribution in [0, 0.1) is 5.41 Å². The maximum absolute atomic E-state index is 5.62. The predicted molar refractivity (Wildman–Crippen MR) is 129 cm³/mol. The molecule has 3 rings (SSSR count). The number of nitrogens with zero attached hydrogens (tertiary/aromatic N) is 3. The van der Waals surface area contributed by atoms with E-state index in [0.717, 1.165) is 44.4 Å². The third kappa shape index (κ3) is 6.99. The van der Waals surface area contributed by atoms with Gasteiger partial charge in [-0.05, 0) is 55.4 Å². The monoisotopic (exact) mass is 511 g/mol. The van der Waals surface area contributed by atoms with Gasteiger partial charge in [0, 0.05) is 45.7 Å². The maximum Gasteiger partial charge on any atom is 0.191 e. The number of rotatable bonds is 9. The topological polar surface area (TPSA) is 63.5 Å². The quantitative estimate of drug-likeness (QED) is 0.230. The third-order valence-electron chi connectivity index (χ3n) is 5.64. The van der Waals surface area contributed by atoms with Crippen molar-refractivity contribution < 1.29 is 4.74 Å². The summed E-state index contributed by atoms with van der Waals surface area (Å²) in [6, 6.07) is 10.3. The number of aromatic nitrogens is 2. The summed E-state index contributed by atoms with van der Waals surface area (Å²) in [6.45, 7) is 5.38. The van der Waals surface area contributed by atoms with Crippen LogP contribution in [0.1, 0.15) is 44.6 Å². The maximum atomic E-state index is 5.62. The number of halogens is 1. The first-order chi connectivity index (χ1) is 13.7. The Hall–Kier alpha value is -1.61. The molecule has 0 atom stereocenters. The molecule has 160 valence electrons. The minimum absolute atomic E-state index is 0. The number of hydrogen-bond acceptors (Lipinski definition) is 3. The van der Waals surface area contributed by atoms with Crippen molar-refractivity contribution >= 4 is 29.9 Å². The molecule has 0 amide bonds. The zero-order valence-corrected chi connectivity index (χ0v) is 19.9. The number of guanidine groups is 1. The van der Waals surface area contributed by atoms with E-state index in [0.29, 0.717) is 5.41 Å². The molecule has 1 aromatic heterocycles. The van der Waals surface area contributed by atoms with E-state index in [1.54, 1.807) is 6.20 Å². The van der Waals surface area contributed by atoms with Crippen LogP contribution in [0.15, 0.2) is 47.7 Å². The fourth-order valence-electron chi connectivity index (χ4n) is 3.98. The number of hydrogen-bond donors (Lipinski definition) is 2. The Bertz CT molecular complexity index is 741. The van der Waals surface area contributed by atoms with E-state index < -0.39 is 0 Å². The van der Waals surface area contributed by atoms with E-state index in [-0.39, 0.29) is 24.0 Å². The van der Waals surface area contributed by atoms with Gasteiger partial charge in [0.05, 0.1) is 5.69 Å². The zero-order chi connectivity index (χ0) is 19.7. The van der Waals surface area contributed by atoms with Crippen LogP contribution in [0.2, 0.25) is 0 Å². The molecule has 0 saturated heterocycles. The van der Waals surface area contributed by atoms with Crippen molar-refractivity contribution in [1.82, 2.24) is 20.4 Å². The fourth-order valence-corrected chi connectivity index (χ4v) is 3.98. The van der Waals surface area contributed by atoms with Crippen LogP contribution < -0.4 is 10.6 Å². The van der Waals surface area contributed by atoms with Crippen molar-refractivity contribution in [2.75, 3.05) is 26.8 Å². The van der Waals surface area contributed by atoms with Gasteiger partial charge in [0.2, 0.25) is 0 Å². The zero-order valence-electron chi connectivity index (χ0n) is 17.6. The lowest BCUT2D eigenvalue weighted by atomic mass is 9.83. The second-order valence-electron chi connectivity index (χ2n) is 7.55. The normalized spacial score (nSPS) is 15.7. The van der Waals surface area contributed by atoms with Crippen LogP contribution in [-0.2, 0) is 11.3 Å². The highest BCUT2D eigenvalue weighted by Crippen LogP contribution is 2.40. The Morgan fingerprint density at radius 3 is 2.76 bits per heavy atom. The molecular weight excluding hydrogens is 477 g/mol. The number of benzene rings is 1. The van der Waals surface area contributed by atoms with Crippen LogP contribution >= 0.6 is 24.0 Å². The molecule has 0 bridgehead atoms. The highest BCUT2D eigenvalue weighted by Gasteiger charge is 2.33. The summed E-state index contributed by atoms with van der Waals surface area (Å²) in [5, 5.41) is 11.3. The second kappa shape index (κ2) is 12.2. The van der Waals surface area contributed by atoms with Gasteiger partial charge in [-0.3, -0.25) is 4.99 Å². The molecule has 1 aromatic carbocycles. The Balaban J connectivity index is 0.00000300. The lowest BCUT2D eigenvalue weighted by molar-refractivity contribution is 0.105. The van der Waals surface area contributed by atoms with Crippen molar-refractivity contribution in [3.8, 4) is 5.69 Å². The van der Waals surface area contributed by atoms with E-state index in [4.69, 9.17) is 4.74 Å². The Morgan fingerprint density at radius 2 is 2.07 bits per heavy atom. The summed E-state index contributed by atoms with van der Waals surface area (Å²) < 4.78 is 7.49. The van der Waals surface area contributed by atoms with Crippen molar-refractivity contribution in [3.05, 3.63) is 48.3 Å². The molecule has 0 aliphatic heterocycles. The molecular formula is C22H34IN5O. The van der Waals surface area contributed by atoms with Crippen LogP contribution in [0.25, 0.3) is 5.69 Å². The van der Waals surface area contributed by atoms with Crippen molar-refractivity contribution in [2.45, 2.75) is 45.6 Å². The minimum atomic E-state index is 0. The largest absolute Gasteiger partial charge is 0.382 e. The summed E-state index contributed by atoms with van der Waals surface area (Å²) in [5.74, 6) is 0.854. The minimum Gasteiger partial charge on any atom is -0.382 e. The predicted octanol–water partition coefficient (Wildman–Crippen LogP) is 4.14. The Kier molecular flexibility index (Phi) is 9.93. The summed E-state index contributed by atoms with van der Waals surface area (Å²) in [7, 11) is 1.83. The van der Waals surface area contributed by atoms with Gasteiger partial charge in [-0.15, -0.1) is 24.0 Å². The van der Waals surface area contributed by atoms with Gasteiger partial charge in [0.25, 0.3) is 0 Å². The van der Waals surface area contributed by atoms with Gasteiger partial charge in [-0.25, -0.2) is 4.68 Å². The fraction of sp³-hybridized carbons (Fsp3) is 0.545. The van der Waals surface area contributed by atoms with Crippen molar-refractivity contribution in [3.63, 3.8) is 0 Å². The average Bonchev–Trinajstić information content (AvgIpc) is 3.41. The van der Waals surface area contributed by atoms with Crippen LogP contribution in [-0.4, -0.2) is 42.5 Å². The first-order valence-corrected chi connectivity index (χ1v) is 10.4. The SMILES string of the molecule is CCOCCC1(CNC(=NC)NCc2cccc(-n3cccn3)c2)CCCC1.I. The van der Waals surface area contributed by atoms with Gasteiger partial charge in [-0.1, -0.05) is 25.0 Å².